The van der Waals surface area contributed by atoms with Crippen molar-refractivity contribution < 1.29 is 14.3 Å². The molecule has 3 fully saturated rings. The van der Waals surface area contributed by atoms with E-state index in [1.807, 2.05) is 4.90 Å². The van der Waals surface area contributed by atoms with Crippen LogP contribution in [0.2, 0.25) is 0 Å². The minimum Gasteiger partial charge on any atom is -0.368 e. The Kier molecular flexibility index (Phi) is 6.08. The third-order valence-corrected chi connectivity index (χ3v) is 7.14. The number of carbonyl (C=O) groups is 2. The number of hydrogen-bond donors (Lipinski definition) is 1. The minimum absolute atomic E-state index is 0.174. The zero-order valence-corrected chi connectivity index (χ0v) is 16.6. The second-order valence-electron chi connectivity index (χ2n) is 7.95. The van der Waals surface area contributed by atoms with Crippen LogP contribution in [0.3, 0.4) is 0 Å². The molecule has 3 heterocycles. The van der Waals surface area contributed by atoms with Gasteiger partial charge in [0.2, 0.25) is 5.91 Å². The van der Waals surface area contributed by atoms with E-state index >= 15 is 0 Å². The number of hydrogen-bond acceptors (Lipinski definition) is 5. The predicted octanol–water partition coefficient (Wildman–Crippen LogP) is 2.49. The van der Waals surface area contributed by atoms with Gasteiger partial charge in [0.15, 0.2) is 0 Å². The average molecular weight is 392 g/mol. The predicted molar refractivity (Wildman–Crippen MR) is 104 cm³/mol. The van der Waals surface area contributed by atoms with Crippen molar-refractivity contribution in [1.29, 1.82) is 0 Å². The molecule has 27 heavy (non-hydrogen) atoms. The van der Waals surface area contributed by atoms with Gasteiger partial charge in [-0.2, -0.15) is 0 Å². The van der Waals surface area contributed by atoms with Crippen LogP contribution < -0.4 is 5.32 Å². The number of aromatic nitrogens is 1. The van der Waals surface area contributed by atoms with Crippen molar-refractivity contribution in [1.82, 2.24) is 15.2 Å². The van der Waals surface area contributed by atoms with Gasteiger partial charge in [-0.05, 0) is 38.5 Å². The second kappa shape index (κ2) is 8.69. The van der Waals surface area contributed by atoms with Crippen molar-refractivity contribution >= 4 is 23.2 Å². The Hall–Kier alpha value is -1.47. The summed E-state index contributed by atoms with van der Waals surface area (Å²) < 4.78 is 5.53. The molecule has 7 heteroatoms. The third-order valence-electron chi connectivity index (χ3n) is 6.09. The quantitative estimate of drug-likeness (QED) is 0.809. The molecule has 4 rings (SSSR count). The summed E-state index contributed by atoms with van der Waals surface area (Å²) in [5, 5.41) is 6.34. The lowest BCUT2D eigenvalue weighted by atomic mass is 9.85. The summed E-state index contributed by atoms with van der Waals surface area (Å²) in [6.07, 6.45) is 7.68. The molecular formula is C20H29N3O3S. The van der Waals surface area contributed by atoms with E-state index < -0.39 is 0 Å². The van der Waals surface area contributed by atoms with E-state index in [-0.39, 0.29) is 23.8 Å². The maximum Gasteiger partial charge on any atom is 0.251 e. The lowest BCUT2D eigenvalue weighted by molar-refractivity contribution is -0.142. The van der Waals surface area contributed by atoms with E-state index in [2.05, 4.69) is 10.7 Å². The van der Waals surface area contributed by atoms with Crippen LogP contribution in [0.25, 0.3) is 0 Å². The molecule has 1 aliphatic carbocycles. The van der Waals surface area contributed by atoms with Crippen LogP contribution in [0, 0.1) is 5.92 Å². The van der Waals surface area contributed by atoms with Crippen LogP contribution in [-0.2, 0) is 20.7 Å². The van der Waals surface area contributed by atoms with Crippen molar-refractivity contribution in [3.05, 3.63) is 16.1 Å². The molecule has 3 aliphatic rings. The van der Waals surface area contributed by atoms with Crippen molar-refractivity contribution in [2.75, 3.05) is 26.2 Å². The standard InChI is InChI=1S/C20H29N3O3S/c24-18(14-3-1-4-14)21-9-6-16-13-27-19(22-16)15-7-10-23(11-8-15)20(25)17-5-2-12-26-17/h13-15,17H,1-12H2,(H,21,24)/t17-/m0/s1. The van der Waals surface area contributed by atoms with Gasteiger partial charge in [-0.3, -0.25) is 9.59 Å². The highest BCUT2D eigenvalue weighted by molar-refractivity contribution is 7.09. The monoisotopic (exact) mass is 391 g/mol. The highest BCUT2D eigenvalue weighted by atomic mass is 32.1. The summed E-state index contributed by atoms with van der Waals surface area (Å²) in [5.41, 5.74) is 1.07. The molecule has 148 valence electrons. The van der Waals surface area contributed by atoms with Crippen LogP contribution in [0.5, 0.6) is 0 Å². The molecular weight excluding hydrogens is 362 g/mol. The van der Waals surface area contributed by atoms with E-state index in [4.69, 9.17) is 9.72 Å². The molecule has 1 saturated carbocycles. The molecule has 6 nitrogen and oxygen atoms in total. The van der Waals surface area contributed by atoms with Gasteiger partial charge in [0.1, 0.15) is 6.10 Å². The second-order valence-corrected chi connectivity index (χ2v) is 8.84. The molecule has 2 amide bonds. The van der Waals surface area contributed by atoms with Gasteiger partial charge in [-0.1, -0.05) is 6.42 Å². The molecule has 0 radical (unpaired) electrons. The Labute approximate surface area is 164 Å². The number of thiazole rings is 1. The zero-order chi connectivity index (χ0) is 18.6. The Morgan fingerprint density at radius 2 is 2.00 bits per heavy atom. The largest absolute Gasteiger partial charge is 0.368 e. The van der Waals surface area contributed by atoms with Crippen LogP contribution in [0.1, 0.15) is 61.6 Å². The Bertz CT molecular complexity index is 659. The number of amides is 2. The molecule has 0 unspecified atom stereocenters. The lowest BCUT2D eigenvalue weighted by Gasteiger charge is -2.32. The Morgan fingerprint density at radius 1 is 1.19 bits per heavy atom. The molecule has 1 atom stereocenters. The highest BCUT2D eigenvalue weighted by Gasteiger charge is 2.32. The van der Waals surface area contributed by atoms with E-state index in [1.54, 1.807) is 11.3 Å². The maximum atomic E-state index is 12.4. The summed E-state index contributed by atoms with van der Waals surface area (Å²) in [6, 6.07) is 0. The highest BCUT2D eigenvalue weighted by Crippen LogP contribution is 2.31. The first-order valence-corrected chi connectivity index (χ1v) is 11.2. The molecule has 0 spiro atoms. The first kappa shape index (κ1) is 18.9. The summed E-state index contributed by atoms with van der Waals surface area (Å²) in [4.78, 5) is 31.1. The van der Waals surface area contributed by atoms with E-state index in [0.717, 1.165) is 70.3 Å². The maximum absolute atomic E-state index is 12.4. The van der Waals surface area contributed by atoms with Gasteiger partial charge in [-0.15, -0.1) is 11.3 Å². The summed E-state index contributed by atoms with van der Waals surface area (Å²) in [7, 11) is 0. The fourth-order valence-corrected chi connectivity index (χ4v) is 5.10. The topological polar surface area (TPSA) is 71.5 Å². The fraction of sp³-hybridized carbons (Fsp3) is 0.750. The van der Waals surface area contributed by atoms with Gasteiger partial charge in [0, 0.05) is 49.9 Å². The van der Waals surface area contributed by atoms with E-state index in [9.17, 15) is 9.59 Å². The van der Waals surface area contributed by atoms with Crippen LogP contribution >= 0.6 is 11.3 Å². The van der Waals surface area contributed by atoms with Crippen molar-refractivity contribution in [3.8, 4) is 0 Å². The number of rotatable bonds is 6. The number of likely N-dealkylation sites (tertiary alicyclic amines) is 1. The SMILES string of the molecule is O=C(NCCc1csc(C2CCN(C(=O)[C@@H]3CCCO3)CC2)n1)C1CCC1. The van der Waals surface area contributed by atoms with Gasteiger partial charge in [0.05, 0.1) is 10.7 Å². The molecule has 1 aromatic rings. The fourth-order valence-electron chi connectivity index (χ4n) is 4.08. The van der Waals surface area contributed by atoms with Gasteiger partial charge in [-0.25, -0.2) is 4.98 Å². The van der Waals surface area contributed by atoms with Crippen molar-refractivity contribution in [3.63, 3.8) is 0 Å². The van der Waals surface area contributed by atoms with Crippen LogP contribution in [0.15, 0.2) is 5.38 Å². The minimum atomic E-state index is -0.205. The van der Waals surface area contributed by atoms with E-state index in [0.29, 0.717) is 12.5 Å². The molecule has 1 aromatic heterocycles. The van der Waals surface area contributed by atoms with Crippen LogP contribution in [0.4, 0.5) is 0 Å². The first-order chi connectivity index (χ1) is 13.2. The molecule has 1 N–H and O–H groups in total. The van der Waals surface area contributed by atoms with E-state index in [1.165, 1.54) is 11.4 Å². The first-order valence-electron chi connectivity index (χ1n) is 10.3. The molecule has 0 bridgehead atoms. The summed E-state index contributed by atoms with van der Waals surface area (Å²) in [6.45, 7) is 2.99. The Morgan fingerprint density at radius 3 is 2.67 bits per heavy atom. The summed E-state index contributed by atoms with van der Waals surface area (Å²) >= 11 is 1.72. The van der Waals surface area contributed by atoms with Crippen molar-refractivity contribution in [2.45, 2.75) is 63.4 Å². The van der Waals surface area contributed by atoms with Crippen molar-refractivity contribution in [2.24, 2.45) is 5.92 Å². The number of ether oxygens (including phenoxy) is 1. The molecule has 2 saturated heterocycles. The number of carbonyl (C=O) groups excluding carboxylic acids is 2. The smallest absolute Gasteiger partial charge is 0.251 e. The van der Waals surface area contributed by atoms with Gasteiger partial charge >= 0.3 is 0 Å². The average Bonchev–Trinajstić information content (AvgIpc) is 3.32. The number of nitrogens with one attached hydrogen (secondary N) is 1. The van der Waals surface area contributed by atoms with Crippen LogP contribution in [-0.4, -0.2) is 54.0 Å². The normalized spacial score (nSPS) is 24.0. The Balaban J connectivity index is 1.21. The number of nitrogens with zero attached hydrogens (tertiary/aromatic N) is 2. The third kappa shape index (κ3) is 4.51. The lowest BCUT2D eigenvalue weighted by Crippen LogP contribution is -2.43. The van der Waals surface area contributed by atoms with Gasteiger partial charge in [0.25, 0.3) is 5.91 Å². The summed E-state index contributed by atoms with van der Waals surface area (Å²) in [5.74, 6) is 1.08. The number of piperidine rings is 1. The molecule has 2 aliphatic heterocycles. The van der Waals surface area contributed by atoms with Gasteiger partial charge < -0.3 is 15.0 Å². The molecule has 0 aromatic carbocycles. The zero-order valence-electron chi connectivity index (χ0n) is 15.8.